The Labute approximate surface area is 149 Å². The fourth-order valence-electron chi connectivity index (χ4n) is 2.42. The molecule has 2 aromatic heterocycles. The molecule has 0 radical (unpaired) electrons. The highest BCUT2D eigenvalue weighted by atomic mass is 32.2. The summed E-state index contributed by atoms with van der Waals surface area (Å²) < 4.78 is 40.0. The second-order valence-electron chi connectivity index (χ2n) is 5.30. The third-order valence-corrected chi connectivity index (χ3v) is 5.93. The lowest BCUT2D eigenvalue weighted by Gasteiger charge is -2.12. The summed E-state index contributed by atoms with van der Waals surface area (Å²) in [5, 5.41) is 5.22. The topological polar surface area (TPSA) is 94.8 Å². The van der Waals surface area contributed by atoms with Gasteiger partial charge >= 0.3 is 0 Å². The van der Waals surface area contributed by atoms with Gasteiger partial charge in [0.2, 0.25) is 15.0 Å². The molecule has 0 aliphatic rings. The third-order valence-electron chi connectivity index (χ3n) is 3.69. The van der Waals surface area contributed by atoms with Crippen LogP contribution in [0.3, 0.4) is 0 Å². The first-order valence-corrected chi connectivity index (χ1v) is 9.69. The standard InChI is InChI=1S/C15H18N4O4S2/c1-9-12(19-15(17-9)24-10(2)18-19)8-16-25(20,21)14-7-11(22-3)5-6-13(14)23-4/h5-7,16H,8H2,1-4H3. The summed E-state index contributed by atoms with van der Waals surface area (Å²) in [6, 6.07) is 4.62. The summed E-state index contributed by atoms with van der Waals surface area (Å²) in [5.74, 6) is 0.673. The lowest BCUT2D eigenvalue weighted by Crippen LogP contribution is -2.25. The Kier molecular flexibility index (Phi) is 4.67. The van der Waals surface area contributed by atoms with Crippen LogP contribution in [0.15, 0.2) is 23.1 Å². The molecule has 1 aromatic carbocycles. The van der Waals surface area contributed by atoms with Crippen molar-refractivity contribution in [3.05, 3.63) is 34.6 Å². The van der Waals surface area contributed by atoms with E-state index in [-0.39, 0.29) is 17.2 Å². The van der Waals surface area contributed by atoms with Crippen molar-refractivity contribution in [3.8, 4) is 11.5 Å². The molecular weight excluding hydrogens is 364 g/mol. The Morgan fingerprint density at radius 3 is 2.68 bits per heavy atom. The number of imidazole rings is 1. The van der Waals surface area contributed by atoms with Gasteiger partial charge in [0.25, 0.3) is 0 Å². The van der Waals surface area contributed by atoms with Crippen LogP contribution in [0.1, 0.15) is 16.4 Å². The normalized spacial score (nSPS) is 11.8. The number of hydrogen-bond donors (Lipinski definition) is 1. The molecule has 0 saturated heterocycles. The molecule has 0 atom stereocenters. The average molecular weight is 382 g/mol. The van der Waals surface area contributed by atoms with Crippen LogP contribution < -0.4 is 14.2 Å². The number of sulfonamides is 1. The number of aryl methyl sites for hydroxylation is 2. The van der Waals surface area contributed by atoms with Gasteiger partial charge in [0.05, 0.1) is 32.2 Å². The van der Waals surface area contributed by atoms with Gasteiger partial charge in [0, 0.05) is 6.07 Å². The minimum atomic E-state index is -3.81. The van der Waals surface area contributed by atoms with E-state index in [0.29, 0.717) is 11.4 Å². The number of ether oxygens (including phenoxy) is 2. The van der Waals surface area contributed by atoms with E-state index in [9.17, 15) is 8.42 Å². The second-order valence-corrected chi connectivity index (χ2v) is 8.20. The van der Waals surface area contributed by atoms with E-state index in [0.717, 1.165) is 15.7 Å². The quantitative estimate of drug-likeness (QED) is 0.700. The molecule has 0 aliphatic heterocycles. The molecule has 0 fully saturated rings. The van der Waals surface area contributed by atoms with Crippen LogP contribution in [0.4, 0.5) is 0 Å². The molecule has 0 unspecified atom stereocenters. The van der Waals surface area contributed by atoms with Crippen LogP contribution in [0, 0.1) is 13.8 Å². The van der Waals surface area contributed by atoms with Crippen molar-refractivity contribution in [2.75, 3.05) is 14.2 Å². The van der Waals surface area contributed by atoms with Gasteiger partial charge in [-0.15, -0.1) is 0 Å². The molecule has 0 amide bonds. The van der Waals surface area contributed by atoms with Crippen molar-refractivity contribution in [2.24, 2.45) is 0 Å². The van der Waals surface area contributed by atoms with E-state index in [4.69, 9.17) is 9.47 Å². The molecule has 10 heteroatoms. The van der Waals surface area contributed by atoms with E-state index in [2.05, 4.69) is 14.8 Å². The molecule has 2 heterocycles. The molecule has 0 bridgehead atoms. The lowest BCUT2D eigenvalue weighted by atomic mass is 10.3. The summed E-state index contributed by atoms with van der Waals surface area (Å²) >= 11 is 1.45. The van der Waals surface area contributed by atoms with Crippen LogP contribution in [0.2, 0.25) is 0 Å². The van der Waals surface area contributed by atoms with E-state index in [1.807, 2.05) is 13.8 Å². The fourth-order valence-corrected chi connectivity index (χ4v) is 4.40. The predicted molar refractivity (Wildman–Crippen MR) is 93.9 cm³/mol. The molecule has 1 N–H and O–H groups in total. The lowest BCUT2D eigenvalue weighted by molar-refractivity contribution is 0.392. The average Bonchev–Trinajstić information content (AvgIpc) is 3.07. The van der Waals surface area contributed by atoms with Gasteiger partial charge in [-0.1, -0.05) is 11.3 Å². The Bertz CT molecular complexity index is 1020. The number of benzene rings is 1. The summed E-state index contributed by atoms with van der Waals surface area (Å²) in [7, 11) is -0.916. The van der Waals surface area contributed by atoms with Crippen LogP contribution >= 0.6 is 11.3 Å². The van der Waals surface area contributed by atoms with Crippen molar-refractivity contribution in [1.29, 1.82) is 0 Å². The molecule has 0 aliphatic carbocycles. The maximum atomic E-state index is 12.7. The molecular formula is C15H18N4O4S2. The smallest absolute Gasteiger partial charge is 0.244 e. The molecule has 8 nitrogen and oxygen atoms in total. The summed E-state index contributed by atoms with van der Waals surface area (Å²) in [6.45, 7) is 3.77. The van der Waals surface area contributed by atoms with Gasteiger partial charge in [-0.3, -0.25) is 0 Å². The number of nitrogens with zero attached hydrogens (tertiary/aromatic N) is 3. The van der Waals surface area contributed by atoms with Crippen molar-refractivity contribution in [3.63, 3.8) is 0 Å². The van der Waals surface area contributed by atoms with Gasteiger partial charge in [-0.2, -0.15) is 5.10 Å². The number of aromatic nitrogens is 3. The van der Waals surface area contributed by atoms with E-state index < -0.39 is 10.0 Å². The zero-order valence-corrected chi connectivity index (χ0v) is 15.9. The maximum Gasteiger partial charge on any atom is 0.244 e. The maximum absolute atomic E-state index is 12.7. The number of fused-ring (bicyclic) bond motifs is 1. The zero-order valence-electron chi connectivity index (χ0n) is 14.2. The number of rotatable bonds is 6. The minimum Gasteiger partial charge on any atom is -0.497 e. The molecule has 25 heavy (non-hydrogen) atoms. The SMILES string of the molecule is COc1ccc(OC)c(S(=O)(=O)NCc2c(C)nc3sc(C)nn23)c1. The third kappa shape index (κ3) is 3.32. The highest BCUT2D eigenvalue weighted by Crippen LogP contribution is 2.28. The Balaban J connectivity index is 1.92. The summed E-state index contributed by atoms with van der Waals surface area (Å²) in [4.78, 5) is 5.16. The Hall–Kier alpha value is -2.17. The van der Waals surface area contributed by atoms with E-state index >= 15 is 0 Å². The first-order chi connectivity index (χ1) is 11.9. The molecule has 3 aromatic rings. The summed E-state index contributed by atoms with van der Waals surface area (Å²) in [5.41, 5.74) is 1.43. The van der Waals surface area contributed by atoms with Crippen LogP contribution in [0.25, 0.3) is 4.96 Å². The van der Waals surface area contributed by atoms with Gasteiger partial charge in [-0.25, -0.2) is 22.6 Å². The fraction of sp³-hybridized carbons (Fsp3) is 0.333. The van der Waals surface area contributed by atoms with Gasteiger partial charge in [-0.05, 0) is 26.0 Å². The number of methoxy groups -OCH3 is 2. The second kappa shape index (κ2) is 6.62. The van der Waals surface area contributed by atoms with E-state index in [1.165, 1.54) is 31.6 Å². The van der Waals surface area contributed by atoms with Gasteiger partial charge in [0.1, 0.15) is 21.4 Å². The first-order valence-electron chi connectivity index (χ1n) is 7.39. The van der Waals surface area contributed by atoms with Crippen molar-refractivity contribution in [1.82, 2.24) is 19.3 Å². The Morgan fingerprint density at radius 1 is 1.24 bits per heavy atom. The van der Waals surface area contributed by atoms with Crippen molar-refractivity contribution >= 4 is 26.3 Å². The largest absolute Gasteiger partial charge is 0.497 e. The minimum absolute atomic E-state index is 0.0159. The van der Waals surface area contributed by atoms with Crippen LogP contribution in [0.5, 0.6) is 11.5 Å². The number of nitrogens with one attached hydrogen (secondary N) is 1. The first kappa shape index (κ1) is 17.6. The van der Waals surface area contributed by atoms with Gasteiger partial charge < -0.3 is 9.47 Å². The molecule has 134 valence electrons. The molecule has 0 spiro atoms. The summed E-state index contributed by atoms with van der Waals surface area (Å²) in [6.07, 6.45) is 0. The van der Waals surface area contributed by atoms with Crippen LogP contribution in [-0.2, 0) is 16.6 Å². The highest BCUT2D eigenvalue weighted by Gasteiger charge is 2.22. The van der Waals surface area contributed by atoms with Crippen molar-refractivity contribution < 1.29 is 17.9 Å². The van der Waals surface area contributed by atoms with E-state index in [1.54, 1.807) is 16.6 Å². The van der Waals surface area contributed by atoms with Gasteiger partial charge in [0.15, 0.2) is 0 Å². The van der Waals surface area contributed by atoms with Crippen molar-refractivity contribution in [2.45, 2.75) is 25.3 Å². The monoisotopic (exact) mass is 382 g/mol. The molecule has 0 saturated carbocycles. The number of hydrogen-bond acceptors (Lipinski definition) is 7. The zero-order chi connectivity index (χ0) is 18.2. The van der Waals surface area contributed by atoms with Crippen LogP contribution in [-0.4, -0.2) is 37.2 Å². The Morgan fingerprint density at radius 2 is 2.00 bits per heavy atom. The molecule has 3 rings (SSSR count). The highest BCUT2D eigenvalue weighted by molar-refractivity contribution is 7.89. The predicted octanol–water partition coefficient (Wildman–Crippen LogP) is 1.90.